The minimum absolute atomic E-state index is 0.108. The smallest absolute Gasteiger partial charge is 0.291 e. The van der Waals surface area contributed by atoms with Crippen molar-refractivity contribution in [1.29, 1.82) is 0 Å². The van der Waals surface area contributed by atoms with E-state index in [0.29, 0.717) is 5.75 Å². The molecule has 0 heterocycles. The Morgan fingerprint density at radius 1 is 0.382 bits per heavy atom. The Balaban J connectivity index is 1.27. The van der Waals surface area contributed by atoms with Gasteiger partial charge in [-0.05, 0) is 156 Å². The van der Waals surface area contributed by atoms with E-state index in [0.717, 1.165) is 121 Å². The molecule has 76 heavy (non-hydrogen) atoms. The van der Waals surface area contributed by atoms with E-state index in [1.54, 1.807) is 0 Å². The monoisotopic (exact) mass is 985 g/mol. The average molecular weight is 986 g/mol. The van der Waals surface area contributed by atoms with E-state index < -0.39 is 0 Å². The van der Waals surface area contributed by atoms with Gasteiger partial charge in [-0.25, -0.2) is 0 Å². The maximum atomic E-state index is 14.2. The minimum atomic E-state index is -0.360. The summed E-state index contributed by atoms with van der Waals surface area (Å²) in [6.07, 6.45) is 4.20. The number of fused-ring (bicyclic) bond motifs is 4. The molecular weight excluding hydrogens is 921 g/mol. The van der Waals surface area contributed by atoms with Gasteiger partial charge in [0.2, 0.25) is 0 Å². The topological polar surface area (TPSA) is 37.3 Å². The van der Waals surface area contributed by atoms with Gasteiger partial charge in [0, 0.05) is 66.3 Å². The second-order valence-corrected chi connectivity index (χ2v) is 24.4. The first-order chi connectivity index (χ1) is 36.1. The number of rotatable bonds is 2. The molecule has 0 aromatic heterocycles. The molecule has 0 aliphatic heterocycles. The molecule has 0 atom stereocenters. The lowest BCUT2D eigenvalue weighted by atomic mass is 9.68. The largest absolute Gasteiger partial charge is 0.507 e. The number of Topliss-reactive ketones (excluding diaryl/α,β-unsaturated/α-hetero) is 1. The lowest BCUT2D eigenvalue weighted by molar-refractivity contribution is -0.115. The van der Waals surface area contributed by atoms with Crippen LogP contribution in [0.1, 0.15) is 133 Å². The summed E-state index contributed by atoms with van der Waals surface area (Å²) < 4.78 is 0. The summed E-state index contributed by atoms with van der Waals surface area (Å²) in [5.74, 6) is 23.3. The van der Waals surface area contributed by atoms with Crippen molar-refractivity contribution >= 4 is 54.4 Å². The van der Waals surface area contributed by atoms with Crippen molar-refractivity contribution in [3.63, 3.8) is 0 Å². The van der Waals surface area contributed by atoms with Gasteiger partial charge in [-0.15, -0.1) is 0 Å². The van der Waals surface area contributed by atoms with Gasteiger partial charge < -0.3 is 5.11 Å². The molecule has 10 rings (SSSR count). The summed E-state index contributed by atoms with van der Waals surface area (Å²) in [5, 5.41) is 19.8. The van der Waals surface area contributed by atoms with Crippen molar-refractivity contribution in [2.75, 3.05) is 0 Å². The van der Waals surface area contributed by atoms with Crippen molar-refractivity contribution < 1.29 is 9.90 Å². The molecule has 1 aliphatic carbocycles. The van der Waals surface area contributed by atoms with Crippen LogP contribution in [0.5, 0.6) is 5.75 Å². The van der Waals surface area contributed by atoms with Gasteiger partial charge in [0.05, 0.1) is 17.7 Å². The maximum absolute atomic E-state index is 14.2. The number of benzene rings is 9. The van der Waals surface area contributed by atoms with Crippen molar-refractivity contribution in [1.82, 2.24) is 0 Å². The third kappa shape index (κ3) is 9.84. The molecule has 0 spiro atoms. The van der Waals surface area contributed by atoms with Crippen molar-refractivity contribution in [2.24, 2.45) is 10.8 Å². The Hall–Kier alpha value is -8.48. The number of aromatic hydroxyl groups is 1. The van der Waals surface area contributed by atoms with Crippen LogP contribution in [0.25, 0.3) is 59.8 Å². The normalized spacial score (nSPS) is 13.2. The Bertz CT molecular complexity index is 4060. The summed E-state index contributed by atoms with van der Waals surface area (Å²) in [4.78, 5) is 14.2. The number of hydrogen-bond donors (Lipinski definition) is 1. The highest BCUT2D eigenvalue weighted by Crippen LogP contribution is 2.46. The Morgan fingerprint density at radius 2 is 0.750 bits per heavy atom. The SMILES string of the molecule is CC(C)(C)C1=CC(c2ccc3c(C#Cc4ccccc4)c4ccccc4c(C#Cc4c5ccccc5c(C#Cc5ccccc5)c5cc(-c6cc(C(C)(C)C)c(O)c(C(C)(C)C)c6)ccc45)c3c2)=C[C+](C(C)(C)C)C1=O. The van der Waals surface area contributed by atoms with E-state index in [1.165, 1.54) is 0 Å². The number of phenolic OH excluding ortho intramolecular Hbond substituents is 1. The standard InChI is InChI=1S/C74H64O2/c1-71(2,3)65-43-51(44-66(69(65)75)72(4,5)6)49-34-38-61-58(54-28-20-21-29-55(54)59(63(61)41-49)36-32-48-25-17-14-18-26-48)39-40-62-56-30-22-19-27-53(56)57(35-31-47-23-15-13-16-24-47)60-37-33-50(42-64(60)62)52-45-67(73(7,8)9)70(76)68(46-52)74(10,11)12/h13-30,33-34,37-38,41-46H,1-12H3/p+1. The zero-order valence-corrected chi connectivity index (χ0v) is 46.0. The van der Waals surface area contributed by atoms with Gasteiger partial charge >= 0.3 is 0 Å². The zero-order valence-electron chi connectivity index (χ0n) is 46.0. The molecule has 0 saturated heterocycles. The quantitative estimate of drug-likeness (QED) is 0.106. The molecule has 1 aliphatic rings. The fraction of sp³-hybridized carbons (Fsp3) is 0.216. The van der Waals surface area contributed by atoms with Crippen LogP contribution >= 0.6 is 0 Å². The Morgan fingerprint density at radius 3 is 1.16 bits per heavy atom. The van der Waals surface area contributed by atoms with E-state index in [-0.39, 0.29) is 27.4 Å². The molecule has 0 fully saturated rings. The molecule has 372 valence electrons. The molecule has 9 aromatic rings. The zero-order chi connectivity index (χ0) is 53.9. The van der Waals surface area contributed by atoms with Crippen molar-refractivity contribution in [3.05, 3.63) is 231 Å². The lowest BCUT2D eigenvalue weighted by Crippen LogP contribution is -2.32. The molecule has 9 aromatic carbocycles. The van der Waals surface area contributed by atoms with E-state index in [1.807, 2.05) is 60.7 Å². The predicted molar refractivity (Wildman–Crippen MR) is 321 cm³/mol. The molecular formula is C74H65O2+. The Kier molecular flexibility index (Phi) is 13.0. The number of phenols is 1. The van der Waals surface area contributed by atoms with Gasteiger partial charge in [0.15, 0.2) is 0 Å². The third-order valence-corrected chi connectivity index (χ3v) is 14.7. The number of carbonyl (C=O) groups is 1. The van der Waals surface area contributed by atoms with Gasteiger partial charge in [-0.2, -0.15) is 0 Å². The molecule has 2 heteroatoms. The number of ketones is 1. The summed E-state index contributed by atoms with van der Waals surface area (Å²) in [6.45, 7) is 25.6. The highest BCUT2D eigenvalue weighted by Gasteiger charge is 2.45. The first-order valence-corrected chi connectivity index (χ1v) is 26.4. The first kappa shape index (κ1) is 51.0. The molecule has 0 amide bonds. The third-order valence-electron chi connectivity index (χ3n) is 14.7. The summed E-state index contributed by atoms with van der Waals surface area (Å²) in [7, 11) is 0. The van der Waals surface area contributed by atoms with Crippen LogP contribution in [0.15, 0.2) is 175 Å². The van der Waals surface area contributed by atoms with Crippen LogP contribution in [0, 0.1) is 52.3 Å². The Labute approximate surface area is 450 Å². The van der Waals surface area contributed by atoms with Gasteiger partial charge in [0.25, 0.3) is 5.78 Å². The van der Waals surface area contributed by atoms with Crippen LogP contribution < -0.4 is 0 Å². The van der Waals surface area contributed by atoms with Crippen LogP contribution in [-0.4, -0.2) is 10.9 Å². The van der Waals surface area contributed by atoms with Crippen LogP contribution in [0.2, 0.25) is 0 Å². The van der Waals surface area contributed by atoms with Gasteiger partial charge in [0.1, 0.15) is 17.2 Å². The lowest BCUT2D eigenvalue weighted by Gasteiger charge is -2.28. The first-order valence-electron chi connectivity index (χ1n) is 26.4. The van der Waals surface area contributed by atoms with Crippen LogP contribution in [0.3, 0.4) is 0 Å². The summed E-state index contributed by atoms with van der Waals surface area (Å²) >= 11 is 0. The van der Waals surface area contributed by atoms with E-state index in [4.69, 9.17) is 0 Å². The molecule has 1 N–H and O–H groups in total. The van der Waals surface area contributed by atoms with Crippen LogP contribution in [0.4, 0.5) is 0 Å². The fourth-order valence-corrected chi connectivity index (χ4v) is 10.5. The molecule has 0 saturated carbocycles. The number of allylic oxidation sites excluding steroid dienone is 4. The van der Waals surface area contributed by atoms with Gasteiger partial charge in [-0.3, -0.25) is 4.79 Å². The molecule has 2 nitrogen and oxygen atoms in total. The molecule has 0 bridgehead atoms. The highest BCUT2D eigenvalue weighted by molar-refractivity contribution is 6.16. The fourth-order valence-electron chi connectivity index (χ4n) is 10.5. The maximum Gasteiger partial charge on any atom is 0.291 e. The number of hydrogen-bond acceptors (Lipinski definition) is 2. The summed E-state index contributed by atoms with van der Waals surface area (Å²) in [6, 6.07) is 54.9. The molecule has 0 unspecified atom stereocenters. The second-order valence-electron chi connectivity index (χ2n) is 24.4. The average Bonchev–Trinajstić information content (AvgIpc) is 3.40. The highest BCUT2D eigenvalue weighted by atomic mass is 16.3. The van der Waals surface area contributed by atoms with Crippen LogP contribution in [-0.2, 0) is 15.6 Å². The van der Waals surface area contributed by atoms with E-state index in [9.17, 15) is 9.90 Å². The van der Waals surface area contributed by atoms with Crippen molar-refractivity contribution in [3.8, 4) is 52.4 Å². The minimum Gasteiger partial charge on any atom is -0.507 e. The predicted octanol–water partition coefficient (Wildman–Crippen LogP) is 18.0. The van der Waals surface area contributed by atoms with Crippen molar-refractivity contribution in [2.45, 2.75) is 93.9 Å². The number of carbonyl (C=O) groups excluding carboxylic acids is 1. The van der Waals surface area contributed by atoms with E-state index >= 15 is 0 Å². The van der Waals surface area contributed by atoms with Gasteiger partial charge in [-0.1, -0.05) is 180 Å². The summed E-state index contributed by atoms with van der Waals surface area (Å²) in [5.41, 5.74) is 11.0. The van der Waals surface area contributed by atoms with E-state index in [2.05, 4.69) is 228 Å². The second kappa shape index (κ2) is 19.3. The molecule has 0 radical (unpaired) electrons.